The summed E-state index contributed by atoms with van der Waals surface area (Å²) in [5.41, 5.74) is 2.24. The summed E-state index contributed by atoms with van der Waals surface area (Å²) < 4.78 is 14.8. The molecule has 6 nitrogen and oxygen atoms in total. The van der Waals surface area contributed by atoms with Crippen LogP contribution in [0.25, 0.3) is 0 Å². The number of likely N-dealkylation sites (N-methyl/N-ethyl adjacent to an activating group) is 1. The van der Waals surface area contributed by atoms with Crippen molar-refractivity contribution in [3.8, 4) is 0 Å². The fourth-order valence-electron chi connectivity index (χ4n) is 2.67. The third-order valence-corrected chi connectivity index (χ3v) is 4.12. The maximum atomic E-state index is 13.0. The summed E-state index contributed by atoms with van der Waals surface area (Å²) in [4.78, 5) is 6.86. The molecular weight excluding hydrogens is 331 g/mol. The van der Waals surface area contributed by atoms with E-state index in [0.717, 1.165) is 36.6 Å². The molecule has 1 aromatic carbocycles. The molecule has 0 amide bonds. The Balaban J connectivity index is 1.94. The van der Waals surface area contributed by atoms with Crippen molar-refractivity contribution in [3.05, 3.63) is 53.6 Å². The van der Waals surface area contributed by atoms with Gasteiger partial charge in [-0.1, -0.05) is 12.1 Å². The van der Waals surface area contributed by atoms with Crippen LogP contribution >= 0.6 is 0 Å². The quantitative estimate of drug-likeness (QED) is 0.558. The first-order valence-electron chi connectivity index (χ1n) is 8.91. The number of nitrogens with one attached hydrogen (secondary N) is 2. The van der Waals surface area contributed by atoms with Gasteiger partial charge in [0.25, 0.3) is 0 Å². The predicted octanol–water partition coefficient (Wildman–Crippen LogP) is 1.96. The van der Waals surface area contributed by atoms with Crippen LogP contribution in [0.4, 0.5) is 4.39 Å². The van der Waals surface area contributed by atoms with Gasteiger partial charge in [-0.2, -0.15) is 5.10 Å². The second kappa shape index (κ2) is 9.91. The molecule has 2 rings (SSSR count). The van der Waals surface area contributed by atoms with E-state index in [4.69, 9.17) is 4.99 Å². The summed E-state index contributed by atoms with van der Waals surface area (Å²) in [5, 5.41) is 10.9. The number of hydrogen-bond acceptors (Lipinski definition) is 3. The SMILES string of the molecule is CCNC(=NCC(c1cnn(C)c1)N(C)C)NCCc1ccc(F)cc1. The first kappa shape index (κ1) is 19.9. The minimum Gasteiger partial charge on any atom is -0.357 e. The molecule has 0 bridgehead atoms. The lowest BCUT2D eigenvalue weighted by molar-refractivity contribution is 0.306. The standard InChI is InChI=1S/C19H29FN6/c1-5-21-19(22-11-10-15-6-8-17(20)9-7-15)23-13-18(25(2)3)16-12-24-26(4)14-16/h6-9,12,14,18H,5,10-11,13H2,1-4H3,(H2,21,22,23). The van der Waals surface area contributed by atoms with Crippen LogP contribution in [0.3, 0.4) is 0 Å². The Bertz CT molecular complexity index is 692. The van der Waals surface area contributed by atoms with Crippen molar-refractivity contribution < 1.29 is 4.39 Å². The largest absolute Gasteiger partial charge is 0.357 e. The number of aliphatic imine (C=N–C) groups is 1. The first-order chi connectivity index (χ1) is 12.5. The third kappa shape index (κ3) is 6.15. The lowest BCUT2D eigenvalue weighted by atomic mass is 10.1. The minimum atomic E-state index is -0.207. The zero-order valence-electron chi connectivity index (χ0n) is 16.0. The van der Waals surface area contributed by atoms with Gasteiger partial charge in [-0.05, 0) is 45.1 Å². The van der Waals surface area contributed by atoms with Crippen molar-refractivity contribution in [2.45, 2.75) is 19.4 Å². The van der Waals surface area contributed by atoms with Crippen molar-refractivity contribution in [2.24, 2.45) is 12.0 Å². The van der Waals surface area contributed by atoms with Crippen molar-refractivity contribution in [2.75, 3.05) is 33.7 Å². The normalized spacial score (nSPS) is 13.1. The number of aromatic nitrogens is 2. The van der Waals surface area contributed by atoms with Gasteiger partial charge in [-0.25, -0.2) is 4.39 Å². The summed E-state index contributed by atoms with van der Waals surface area (Å²) in [6.07, 6.45) is 4.72. The lowest BCUT2D eigenvalue weighted by Gasteiger charge is -2.22. The smallest absolute Gasteiger partial charge is 0.191 e. The van der Waals surface area contributed by atoms with Crippen LogP contribution in [0, 0.1) is 5.82 Å². The average molecular weight is 360 g/mol. The van der Waals surface area contributed by atoms with Gasteiger partial charge in [-0.3, -0.25) is 9.67 Å². The predicted molar refractivity (Wildman–Crippen MR) is 104 cm³/mol. The molecule has 1 atom stereocenters. The van der Waals surface area contributed by atoms with Crippen LogP contribution in [0.5, 0.6) is 0 Å². The van der Waals surface area contributed by atoms with Gasteiger partial charge in [0, 0.05) is 31.9 Å². The summed E-state index contributed by atoms with van der Waals surface area (Å²) >= 11 is 0. The van der Waals surface area contributed by atoms with E-state index in [1.165, 1.54) is 12.1 Å². The Morgan fingerprint density at radius 3 is 2.58 bits per heavy atom. The molecule has 0 aliphatic heterocycles. The van der Waals surface area contributed by atoms with Crippen molar-refractivity contribution in [1.82, 2.24) is 25.3 Å². The van der Waals surface area contributed by atoms with Crippen LogP contribution in [0.2, 0.25) is 0 Å². The molecular formula is C19H29FN6. The summed E-state index contributed by atoms with van der Waals surface area (Å²) in [6.45, 7) is 4.20. The molecule has 1 heterocycles. The summed E-state index contributed by atoms with van der Waals surface area (Å²) in [5.74, 6) is 0.576. The van der Waals surface area contributed by atoms with Crippen LogP contribution in [-0.4, -0.2) is 54.4 Å². The number of halogens is 1. The topological polar surface area (TPSA) is 57.5 Å². The number of rotatable bonds is 8. The lowest BCUT2D eigenvalue weighted by Crippen LogP contribution is -2.39. The molecule has 1 aromatic heterocycles. The summed E-state index contributed by atoms with van der Waals surface area (Å²) in [7, 11) is 6.00. The Labute approximate surface area is 155 Å². The molecule has 0 fully saturated rings. The second-order valence-electron chi connectivity index (χ2n) is 6.45. The first-order valence-corrected chi connectivity index (χ1v) is 8.91. The van der Waals surface area contributed by atoms with Crippen LogP contribution < -0.4 is 10.6 Å². The number of benzene rings is 1. The number of guanidine groups is 1. The molecule has 0 spiro atoms. The van der Waals surface area contributed by atoms with E-state index < -0.39 is 0 Å². The molecule has 0 saturated carbocycles. The van der Waals surface area contributed by atoms with Gasteiger partial charge in [0.15, 0.2) is 5.96 Å². The van der Waals surface area contributed by atoms with E-state index in [1.54, 1.807) is 0 Å². The van der Waals surface area contributed by atoms with Crippen LogP contribution in [0.15, 0.2) is 41.7 Å². The molecule has 0 saturated heterocycles. The molecule has 142 valence electrons. The number of hydrogen-bond donors (Lipinski definition) is 2. The molecule has 1 unspecified atom stereocenters. The van der Waals surface area contributed by atoms with Crippen LogP contribution in [0.1, 0.15) is 24.1 Å². The Morgan fingerprint density at radius 2 is 2.00 bits per heavy atom. The highest BCUT2D eigenvalue weighted by atomic mass is 19.1. The number of nitrogens with zero attached hydrogens (tertiary/aromatic N) is 4. The minimum absolute atomic E-state index is 0.163. The highest BCUT2D eigenvalue weighted by molar-refractivity contribution is 5.79. The Hall–Kier alpha value is -2.41. The molecule has 0 radical (unpaired) electrons. The molecule has 7 heteroatoms. The van der Waals surface area contributed by atoms with Gasteiger partial charge in [0.2, 0.25) is 0 Å². The third-order valence-electron chi connectivity index (χ3n) is 4.12. The van der Waals surface area contributed by atoms with Gasteiger partial charge < -0.3 is 15.5 Å². The van der Waals surface area contributed by atoms with Crippen molar-refractivity contribution in [3.63, 3.8) is 0 Å². The van der Waals surface area contributed by atoms with E-state index in [1.807, 2.05) is 57.3 Å². The van der Waals surface area contributed by atoms with Gasteiger partial charge >= 0.3 is 0 Å². The van der Waals surface area contributed by atoms with Crippen molar-refractivity contribution >= 4 is 5.96 Å². The Kier molecular flexibility index (Phi) is 7.59. The van der Waals surface area contributed by atoms with E-state index >= 15 is 0 Å². The summed E-state index contributed by atoms with van der Waals surface area (Å²) in [6, 6.07) is 6.77. The molecule has 2 aromatic rings. The van der Waals surface area contributed by atoms with Gasteiger partial charge in [-0.15, -0.1) is 0 Å². The van der Waals surface area contributed by atoms with Crippen molar-refractivity contribution in [1.29, 1.82) is 0 Å². The zero-order chi connectivity index (χ0) is 18.9. The van der Waals surface area contributed by atoms with Gasteiger partial charge in [0.05, 0.1) is 18.8 Å². The molecule has 0 aliphatic rings. The van der Waals surface area contributed by atoms with Crippen LogP contribution in [-0.2, 0) is 13.5 Å². The van der Waals surface area contributed by atoms with E-state index in [2.05, 4.69) is 20.6 Å². The molecule has 2 N–H and O–H groups in total. The van der Waals surface area contributed by atoms with E-state index in [0.29, 0.717) is 6.54 Å². The van der Waals surface area contributed by atoms with E-state index in [-0.39, 0.29) is 11.9 Å². The van der Waals surface area contributed by atoms with E-state index in [9.17, 15) is 4.39 Å². The fourth-order valence-corrected chi connectivity index (χ4v) is 2.67. The fraction of sp³-hybridized carbons (Fsp3) is 0.474. The highest BCUT2D eigenvalue weighted by Gasteiger charge is 2.15. The highest BCUT2D eigenvalue weighted by Crippen LogP contribution is 2.17. The zero-order valence-corrected chi connectivity index (χ0v) is 16.0. The monoisotopic (exact) mass is 360 g/mol. The maximum absolute atomic E-state index is 13.0. The molecule has 0 aliphatic carbocycles. The van der Waals surface area contributed by atoms with Gasteiger partial charge in [0.1, 0.15) is 5.82 Å². The molecule has 26 heavy (non-hydrogen) atoms. The number of aryl methyl sites for hydroxylation is 1. The second-order valence-corrected chi connectivity index (χ2v) is 6.45. The average Bonchev–Trinajstić information content (AvgIpc) is 3.02. The maximum Gasteiger partial charge on any atom is 0.191 e. The Morgan fingerprint density at radius 1 is 1.27 bits per heavy atom.